The average Bonchev–Trinajstić information content (AvgIpc) is 2.27. The van der Waals surface area contributed by atoms with Gasteiger partial charge in [0.15, 0.2) is 0 Å². The van der Waals surface area contributed by atoms with E-state index in [1.54, 1.807) is 13.8 Å². The van der Waals surface area contributed by atoms with Crippen molar-refractivity contribution in [1.82, 2.24) is 0 Å². The van der Waals surface area contributed by atoms with Crippen LogP contribution in [0.15, 0.2) is 18.2 Å². The molecule has 1 aromatic rings. The van der Waals surface area contributed by atoms with Crippen LogP contribution in [0.2, 0.25) is 5.02 Å². The summed E-state index contributed by atoms with van der Waals surface area (Å²) in [6.45, 7) is 3.14. The molecular weight excluding hydrogens is 267 g/mol. The molecule has 102 valence electrons. The normalized spacial score (nSPS) is 14.7. The first-order valence-corrected chi connectivity index (χ1v) is 5.70. The van der Waals surface area contributed by atoms with E-state index in [1.807, 2.05) is 0 Å². The van der Waals surface area contributed by atoms with E-state index in [4.69, 9.17) is 17.3 Å². The summed E-state index contributed by atoms with van der Waals surface area (Å²) in [6, 6.07) is 2.85. The number of halogens is 4. The first-order chi connectivity index (χ1) is 8.09. The van der Waals surface area contributed by atoms with Crippen molar-refractivity contribution < 1.29 is 18.3 Å². The Balaban J connectivity index is 3.21. The SMILES string of the molecule is CC(C)(CO)[C@H](N)c1ccc(Cl)c(C(F)(F)F)c1. The number of nitrogens with two attached hydrogens (primary N) is 1. The molecule has 0 saturated heterocycles. The maximum absolute atomic E-state index is 12.7. The Bertz CT molecular complexity index is 432. The Morgan fingerprint density at radius 3 is 2.33 bits per heavy atom. The Morgan fingerprint density at radius 1 is 1.33 bits per heavy atom. The zero-order valence-electron chi connectivity index (χ0n) is 10.1. The minimum absolute atomic E-state index is 0.224. The largest absolute Gasteiger partial charge is 0.417 e. The molecule has 2 nitrogen and oxygen atoms in total. The lowest BCUT2D eigenvalue weighted by atomic mass is 9.81. The van der Waals surface area contributed by atoms with Crippen molar-refractivity contribution >= 4 is 11.6 Å². The quantitative estimate of drug-likeness (QED) is 0.892. The summed E-state index contributed by atoms with van der Waals surface area (Å²) < 4.78 is 38.1. The number of hydrogen-bond donors (Lipinski definition) is 2. The number of hydrogen-bond acceptors (Lipinski definition) is 2. The van der Waals surface area contributed by atoms with Crippen LogP contribution in [-0.2, 0) is 6.18 Å². The lowest BCUT2D eigenvalue weighted by Crippen LogP contribution is -2.32. The summed E-state index contributed by atoms with van der Waals surface area (Å²) in [4.78, 5) is 0. The highest BCUT2D eigenvalue weighted by atomic mass is 35.5. The van der Waals surface area contributed by atoms with Gasteiger partial charge in [-0.3, -0.25) is 0 Å². The molecule has 0 bridgehead atoms. The van der Waals surface area contributed by atoms with Gasteiger partial charge in [0.25, 0.3) is 0 Å². The monoisotopic (exact) mass is 281 g/mol. The van der Waals surface area contributed by atoms with E-state index in [1.165, 1.54) is 12.1 Å². The van der Waals surface area contributed by atoms with Gasteiger partial charge in [0.05, 0.1) is 10.6 Å². The number of rotatable bonds is 3. The van der Waals surface area contributed by atoms with Gasteiger partial charge in [0.2, 0.25) is 0 Å². The number of alkyl halides is 3. The molecule has 0 aliphatic heterocycles. The molecule has 0 spiro atoms. The van der Waals surface area contributed by atoms with Crippen LogP contribution in [0.25, 0.3) is 0 Å². The maximum atomic E-state index is 12.7. The van der Waals surface area contributed by atoms with Crippen LogP contribution >= 0.6 is 11.6 Å². The predicted molar refractivity (Wildman–Crippen MR) is 64.2 cm³/mol. The van der Waals surface area contributed by atoms with Gasteiger partial charge < -0.3 is 10.8 Å². The molecule has 0 aliphatic carbocycles. The van der Waals surface area contributed by atoms with E-state index in [-0.39, 0.29) is 11.6 Å². The van der Waals surface area contributed by atoms with E-state index in [0.29, 0.717) is 5.56 Å². The van der Waals surface area contributed by atoms with Crippen molar-refractivity contribution in [3.63, 3.8) is 0 Å². The zero-order valence-corrected chi connectivity index (χ0v) is 10.8. The topological polar surface area (TPSA) is 46.2 Å². The molecule has 6 heteroatoms. The maximum Gasteiger partial charge on any atom is 0.417 e. The molecule has 18 heavy (non-hydrogen) atoms. The van der Waals surface area contributed by atoms with Gasteiger partial charge in [-0.1, -0.05) is 31.5 Å². The molecule has 3 N–H and O–H groups in total. The molecule has 0 radical (unpaired) electrons. The molecule has 0 aromatic heterocycles. The molecule has 1 aromatic carbocycles. The third kappa shape index (κ3) is 3.16. The van der Waals surface area contributed by atoms with E-state index in [0.717, 1.165) is 6.07 Å². The smallest absolute Gasteiger partial charge is 0.396 e. The van der Waals surface area contributed by atoms with E-state index >= 15 is 0 Å². The minimum Gasteiger partial charge on any atom is -0.396 e. The van der Waals surface area contributed by atoms with Gasteiger partial charge in [-0.2, -0.15) is 13.2 Å². The first kappa shape index (κ1) is 15.3. The second-order valence-corrected chi connectivity index (χ2v) is 5.27. The molecule has 0 saturated carbocycles. The van der Waals surface area contributed by atoms with Crippen LogP contribution < -0.4 is 5.73 Å². The number of aliphatic hydroxyl groups excluding tert-OH is 1. The summed E-state index contributed by atoms with van der Waals surface area (Å²) in [5.74, 6) is 0. The second-order valence-electron chi connectivity index (χ2n) is 4.86. The summed E-state index contributed by atoms with van der Waals surface area (Å²) in [6.07, 6.45) is -4.52. The fourth-order valence-electron chi connectivity index (χ4n) is 1.50. The van der Waals surface area contributed by atoms with Gasteiger partial charge >= 0.3 is 6.18 Å². The van der Waals surface area contributed by atoms with Crippen molar-refractivity contribution in [1.29, 1.82) is 0 Å². The van der Waals surface area contributed by atoms with Crippen LogP contribution in [-0.4, -0.2) is 11.7 Å². The van der Waals surface area contributed by atoms with Crippen molar-refractivity contribution in [2.45, 2.75) is 26.1 Å². The molecule has 0 heterocycles. The lowest BCUT2D eigenvalue weighted by molar-refractivity contribution is -0.137. The fraction of sp³-hybridized carbons (Fsp3) is 0.500. The van der Waals surface area contributed by atoms with E-state index < -0.39 is 23.2 Å². The molecule has 0 amide bonds. The van der Waals surface area contributed by atoms with Crippen molar-refractivity contribution in [3.05, 3.63) is 34.3 Å². The van der Waals surface area contributed by atoms with Crippen LogP contribution in [0.3, 0.4) is 0 Å². The molecule has 1 rings (SSSR count). The third-order valence-electron chi connectivity index (χ3n) is 2.90. The molecule has 0 unspecified atom stereocenters. The van der Waals surface area contributed by atoms with Crippen molar-refractivity contribution in [2.75, 3.05) is 6.61 Å². The molecule has 0 aliphatic rings. The number of benzene rings is 1. The second kappa shape index (κ2) is 5.07. The lowest BCUT2D eigenvalue weighted by Gasteiger charge is -2.30. The van der Waals surface area contributed by atoms with E-state index in [9.17, 15) is 18.3 Å². The minimum atomic E-state index is -4.52. The standard InChI is InChI=1S/C12H15ClF3NO/c1-11(2,6-18)10(17)7-3-4-9(13)8(5-7)12(14,15)16/h3-5,10,18H,6,17H2,1-2H3/t10-/m1/s1. The third-order valence-corrected chi connectivity index (χ3v) is 3.23. The van der Waals surface area contributed by atoms with Crippen molar-refractivity contribution in [2.24, 2.45) is 11.1 Å². The Labute approximate surface area is 109 Å². The van der Waals surface area contributed by atoms with E-state index in [2.05, 4.69) is 0 Å². The summed E-state index contributed by atoms with van der Waals surface area (Å²) in [7, 11) is 0. The first-order valence-electron chi connectivity index (χ1n) is 5.32. The predicted octanol–water partition coefficient (Wildman–Crippen LogP) is 3.38. The molecular formula is C12H15ClF3NO. The van der Waals surface area contributed by atoms with Gasteiger partial charge in [0, 0.05) is 18.1 Å². The Hall–Kier alpha value is -0.780. The summed E-state index contributed by atoms with van der Waals surface area (Å²) in [5.41, 5.74) is 4.55. The highest BCUT2D eigenvalue weighted by molar-refractivity contribution is 6.31. The average molecular weight is 282 g/mol. The Morgan fingerprint density at radius 2 is 1.89 bits per heavy atom. The van der Waals surface area contributed by atoms with Gasteiger partial charge in [-0.05, 0) is 17.7 Å². The van der Waals surface area contributed by atoms with Gasteiger partial charge in [0.1, 0.15) is 0 Å². The van der Waals surface area contributed by atoms with Gasteiger partial charge in [-0.25, -0.2) is 0 Å². The van der Waals surface area contributed by atoms with Crippen LogP contribution in [0.1, 0.15) is 31.0 Å². The summed E-state index contributed by atoms with van der Waals surface area (Å²) in [5, 5.41) is 8.82. The highest BCUT2D eigenvalue weighted by Crippen LogP contribution is 2.38. The zero-order chi connectivity index (χ0) is 14.1. The van der Waals surface area contributed by atoms with Crippen LogP contribution in [0, 0.1) is 5.41 Å². The Kier molecular flexibility index (Phi) is 4.30. The highest BCUT2D eigenvalue weighted by Gasteiger charge is 2.35. The number of aliphatic hydroxyl groups is 1. The van der Waals surface area contributed by atoms with Crippen LogP contribution in [0.5, 0.6) is 0 Å². The molecule has 0 fully saturated rings. The van der Waals surface area contributed by atoms with Crippen LogP contribution in [0.4, 0.5) is 13.2 Å². The fourth-order valence-corrected chi connectivity index (χ4v) is 1.73. The summed E-state index contributed by atoms with van der Waals surface area (Å²) >= 11 is 5.52. The van der Waals surface area contributed by atoms with Gasteiger partial charge in [-0.15, -0.1) is 0 Å². The van der Waals surface area contributed by atoms with Crippen molar-refractivity contribution in [3.8, 4) is 0 Å². The molecule has 1 atom stereocenters.